The van der Waals surface area contributed by atoms with Gasteiger partial charge in [0.25, 0.3) is 0 Å². The third-order valence-electron chi connectivity index (χ3n) is 5.01. The standard InChI is InChI=1S/C16H27N3/c1-3-18-9-7-14(8-10-18)11-15-12-19-13(2)5-4-6-16(19)17-15/h12-14H,3-11H2,1-2H3. The summed E-state index contributed by atoms with van der Waals surface area (Å²) in [6, 6.07) is 0.659. The molecule has 0 amide bonds. The second-order valence-corrected chi connectivity index (χ2v) is 6.38. The molecule has 0 radical (unpaired) electrons. The number of aromatic nitrogens is 2. The van der Waals surface area contributed by atoms with Crippen LogP contribution in [0.3, 0.4) is 0 Å². The summed E-state index contributed by atoms with van der Waals surface area (Å²) in [6.07, 6.45) is 10.1. The first-order valence-electron chi connectivity index (χ1n) is 8.05. The number of aryl methyl sites for hydroxylation is 1. The van der Waals surface area contributed by atoms with Crippen LogP contribution in [-0.2, 0) is 12.8 Å². The third-order valence-corrected chi connectivity index (χ3v) is 5.01. The highest BCUT2D eigenvalue weighted by molar-refractivity contribution is 5.09. The van der Waals surface area contributed by atoms with Gasteiger partial charge in [0, 0.05) is 18.7 Å². The number of likely N-dealkylation sites (tertiary alicyclic amines) is 1. The molecule has 1 fully saturated rings. The average molecular weight is 261 g/mol. The van der Waals surface area contributed by atoms with E-state index >= 15 is 0 Å². The zero-order chi connectivity index (χ0) is 13.2. The summed E-state index contributed by atoms with van der Waals surface area (Å²) < 4.78 is 2.43. The Morgan fingerprint density at radius 2 is 2.05 bits per heavy atom. The smallest absolute Gasteiger partial charge is 0.109 e. The van der Waals surface area contributed by atoms with E-state index in [2.05, 4.69) is 29.5 Å². The zero-order valence-corrected chi connectivity index (χ0v) is 12.4. The van der Waals surface area contributed by atoms with Gasteiger partial charge in [-0.15, -0.1) is 0 Å². The van der Waals surface area contributed by atoms with Gasteiger partial charge in [0.05, 0.1) is 5.69 Å². The van der Waals surface area contributed by atoms with E-state index in [0.29, 0.717) is 6.04 Å². The molecular formula is C16H27N3. The molecule has 0 spiro atoms. The summed E-state index contributed by atoms with van der Waals surface area (Å²) in [5.74, 6) is 2.19. The van der Waals surface area contributed by atoms with E-state index in [4.69, 9.17) is 4.98 Å². The van der Waals surface area contributed by atoms with Crippen molar-refractivity contribution in [2.45, 2.75) is 58.4 Å². The molecule has 1 aromatic heterocycles. The van der Waals surface area contributed by atoms with Gasteiger partial charge >= 0.3 is 0 Å². The fourth-order valence-corrected chi connectivity index (χ4v) is 3.65. The average Bonchev–Trinajstić information content (AvgIpc) is 2.84. The number of rotatable bonds is 3. The Labute approximate surface area is 117 Å². The van der Waals surface area contributed by atoms with Crippen molar-refractivity contribution >= 4 is 0 Å². The largest absolute Gasteiger partial charge is 0.332 e. The van der Waals surface area contributed by atoms with E-state index in [9.17, 15) is 0 Å². The Hall–Kier alpha value is -0.830. The van der Waals surface area contributed by atoms with Gasteiger partial charge in [0.2, 0.25) is 0 Å². The van der Waals surface area contributed by atoms with Gasteiger partial charge in [-0.25, -0.2) is 4.98 Å². The molecule has 2 aliphatic heterocycles. The molecule has 3 nitrogen and oxygen atoms in total. The van der Waals surface area contributed by atoms with Gasteiger partial charge in [0.1, 0.15) is 5.82 Å². The maximum atomic E-state index is 4.88. The molecule has 0 N–H and O–H groups in total. The Bertz CT molecular complexity index is 416. The number of fused-ring (bicyclic) bond motifs is 1. The first kappa shape index (κ1) is 13.2. The number of hydrogen-bond acceptors (Lipinski definition) is 2. The Morgan fingerprint density at radius 3 is 2.74 bits per heavy atom. The topological polar surface area (TPSA) is 21.1 Å². The van der Waals surface area contributed by atoms with Crippen LogP contribution < -0.4 is 0 Å². The van der Waals surface area contributed by atoms with Crippen LogP contribution in [0.5, 0.6) is 0 Å². The Kier molecular flexibility index (Phi) is 3.92. The van der Waals surface area contributed by atoms with E-state index in [-0.39, 0.29) is 0 Å². The van der Waals surface area contributed by atoms with Crippen LogP contribution in [0.25, 0.3) is 0 Å². The number of piperidine rings is 1. The van der Waals surface area contributed by atoms with Crippen LogP contribution in [0, 0.1) is 5.92 Å². The molecule has 0 aromatic carbocycles. The van der Waals surface area contributed by atoms with Crippen LogP contribution in [0.4, 0.5) is 0 Å². The van der Waals surface area contributed by atoms with Gasteiger partial charge in [-0.3, -0.25) is 0 Å². The lowest BCUT2D eigenvalue weighted by molar-refractivity contribution is 0.191. The molecule has 1 aromatic rings. The molecular weight excluding hydrogens is 234 g/mol. The molecule has 1 unspecified atom stereocenters. The summed E-state index contributed by atoms with van der Waals surface area (Å²) in [4.78, 5) is 7.45. The van der Waals surface area contributed by atoms with Crippen LogP contribution in [0.1, 0.15) is 57.1 Å². The van der Waals surface area contributed by atoms with E-state index in [1.165, 1.54) is 69.7 Å². The molecule has 1 atom stereocenters. The Balaban J connectivity index is 1.61. The molecule has 3 heteroatoms. The molecule has 2 aliphatic rings. The number of nitrogens with zero attached hydrogens (tertiary/aromatic N) is 3. The number of hydrogen-bond donors (Lipinski definition) is 0. The highest BCUT2D eigenvalue weighted by Crippen LogP contribution is 2.26. The van der Waals surface area contributed by atoms with Crippen LogP contribution in [-0.4, -0.2) is 34.1 Å². The predicted octanol–water partition coefficient (Wildman–Crippen LogP) is 3.05. The summed E-state index contributed by atoms with van der Waals surface area (Å²) >= 11 is 0. The fourth-order valence-electron chi connectivity index (χ4n) is 3.65. The minimum Gasteiger partial charge on any atom is -0.332 e. The highest BCUT2D eigenvalue weighted by Gasteiger charge is 2.22. The van der Waals surface area contributed by atoms with Crippen molar-refractivity contribution in [2.24, 2.45) is 5.92 Å². The third kappa shape index (κ3) is 2.86. The first-order chi connectivity index (χ1) is 9.26. The van der Waals surface area contributed by atoms with Crippen molar-refractivity contribution in [1.29, 1.82) is 0 Å². The van der Waals surface area contributed by atoms with Gasteiger partial charge in [-0.1, -0.05) is 6.92 Å². The van der Waals surface area contributed by atoms with Crippen molar-refractivity contribution < 1.29 is 0 Å². The van der Waals surface area contributed by atoms with E-state index < -0.39 is 0 Å². The van der Waals surface area contributed by atoms with Gasteiger partial charge < -0.3 is 9.47 Å². The molecule has 0 saturated carbocycles. The van der Waals surface area contributed by atoms with Crippen molar-refractivity contribution in [1.82, 2.24) is 14.5 Å². The maximum Gasteiger partial charge on any atom is 0.109 e. The van der Waals surface area contributed by atoms with E-state index in [1.54, 1.807) is 0 Å². The van der Waals surface area contributed by atoms with Gasteiger partial charge in [-0.2, -0.15) is 0 Å². The second-order valence-electron chi connectivity index (χ2n) is 6.38. The van der Waals surface area contributed by atoms with Crippen molar-refractivity contribution in [3.63, 3.8) is 0 Å². The first-order valence-corrected chi connectivity index (χ1v) is 8.05. The highest BCUT2D eigenvalue weighted by atomic mass is 15.1. The fraction of sp³-hybridized carbons (Fsp3) is 0.812. The summed E-state index contributed by atoms with van der Waals surface area (Å²) in [5.41, 5.74) is 1.35. The van der Waals surface area contributed by atoms with E-state index in [1.807, 2.05) is 0 Å². The molecule has 19 heavy (non-hydrogen) atoms. The molecule has 0 bridgehead atoms. The molecule has 3 rings (SSSR count). The summed E-state index contributed by atoms with van der Waals surface area (Å²) in [5, 5.41) is 0. The second kappa shape index (κ2) is 5.66. The summed E-state index contributed by atoms with van der Waals surface area (Å²) in [6.45, 7) is 8.37. The lowest BCUT2D eigenvalue weighted by Crippen LogP contribution is -2.34. The Morgan fingerprint density at radius 1 is 1.26 bits per heavy atom. The number of imidazole rings is 1. The van der Waals surface area contributed by atoms with Crippen molar-refractivity contribution in [2.75, 3.05) is 19.6 Å². The molecule has 1 saturated heterocycles. The maximum absolute atomic E-state index is 4.88. The van der Waals surface area contributed by atoms with Crippen molar-refractivity contribution in [3.05, 3.63) is 17.7 Å². The van der Waals surface area contributed by atoms with Gasteiger partial charge in [0.15, 0.2) is 0 Å². The molecule has 106 valence electrons. The normalized spacial score (nSPS) is 25.5. The van der Waals surface area contributed by atoms with Gasteiger partial charge in [-0.05, 0) is 64.6 Å². The van der Waals surface area contributed by atoms with Crippen LogP contribution >= 0.6 is 0 Å². The van der Waals surface area contributed by atoms with Crippen LogP contribution in [0.2, 0.25) is 0 Å². The minimum absolute atomic E-state index is 0.659. The molecule has 0 aliphatic carbocycles. The zero-order valence-electron chi connectivity index (χ0n) is 12.4. The monoisotopic (exact) mass is 261 g/mol. The van der Waals surface area contributed by atoms with E-state index in [0.717, 1.165) is 5.92 Å². The lowest BCUT2D eigenvalue weighted by atomic mass is 9.92. The predicted molar refractivity (Wildman–Crippen MR) is 78.4 cm³/mol. The SMILES string of the molecule is CCN1CCC(Cc2cn3c(n2)CCCC3C)CC1. The lowest BCUT2D eigenvalue weighted by Gasteiger charge is -2.30. The summed E-state index contributed by atoms with van der Waals surface area (Å²) in [7, 11) is 0. The van der Waals surface area contributed by atoms with Crippen LogP contribution in [0.15, 0.2) is 6.20 Å². The minimum atomic E-state index is 0.659. The molecule has 3 heterocycles. The van der Waals surface area contributed by atoms with Crippen molar-refractivity contribution in [3.8, 4) is 0 Å². The quantitative estimate of drug-likeness (QED) is 0.834.